The topological polar surface area (TPSA) is 170 Å². The van der Waals surface area contributed by atoms with Gasteiger partial charge in [0.1, 0.15) is 11.9 Å². The first-order valence-corrected chi connectivity index (χ1v) is 17.9. The number of anilines is 2. The summed E-state index contributed by atoms with van der Waals surface area (Å²) in [6.07, 6.45) is 18.9. The fraction of sp³-hybridized carbons (Fsp3) is 0.833. The van der Waals surface area contributed by atoms with Gasteiger partial charge in [-0.25, -0.2) is 4.98 Å². The van der Waals surface area contributed by atoms with Crippen LogP contribution in [0.15, 0.2) is 6.33 Å². The van der Waals surface area contributed by atoms with Crippen molar-refractivity contribution in [2.75, 3.05) is 31.5 Å². The van der Waals surface area contributed by atoms with E-state index in [1.54, 1.807) is 11.5 Å². The van der Waals surface area contributed by atoms with Crippen molar-refractivity contribution in [1.82, 2.24) is 19.5 Å². The Kier molecular flexibility index (Phi) is 18.3. The number of fused-ring (bicyclic) bond motifs is 1. The van der Waals surface area contributed by atoms with Crippen molar-refractivity contribution in [2.24, 2.45) is 0 Å². The molecular formula is C30H57N6O6P. The maximum Gasteiger partial charge on any atom is 0.355 e. The summed E-state index contributed by atoms with van der Waals surface area (Å²) in [5, 5.41) is 0. The van der Waals surface area contributed by atoms with E-state index >= 15 is 0 Å². The third-order valence-corrected chi connectivity index (χ3v) is 8.54. The van der Waals surface area contributed by atoms with Gasteiger partial charge in [-0.1, -0.05) is 96.8 Å². The Hall–Kier alpha value is -1.82. The summed E-state index contributed by atoms with van der Waals surface area (Å²) in [4.78, 5) is 22.7. The third kappa shape index (κ3) is 15.6. The van der Waals surface area contributed by atoms with Crippen LogP contribution in [0.25, 0.3) is 11.2 Å². The van der Waals surface area contributed by atoms with Gasteiger partial charge in [-0.3, -0.25) is 9.09 Å². The Balaban J connectivity index is 1.59. The molecule has 0 radical (unpaired) electrons. The molecule has 0 aliphatic rings. The molecular weight excluding hydrogens is 571 g/mol. The van der Waals surface area contributed by atoms with Gasteiger partial charge in [0.25, 0.3) is 0 Å². The maximum absolute atomic E-state index is 12.7. The molecule has 0 saturated carbocycles. The summed E-state index contributed by atoms with van der Waals surface area (Å²) in [6, 6.07) is 0. The third-order valence-electron chi connectivity index (χ3n) is 7.44. The molecule has 0 saturated heterocycles. The molecule has 4 atom stereocenters. The Morgan fingerprint density at radius 3 is 2.09 bits per heavy atom. The summed E-state index contributed by atoms with van der Waals surface area (Å²) in [5.41, 5.74) is 12.4. The number of imidazole rings is 1. The Bertz CT molecular complexity index is 1070. The van der Waals surface area contributed by atoms with Gasteiger partial charge in [0.15, 0.2) is 17.8 Å². The van der Waals surface area contributed by atoms with E-state index in [-0.39, 0.29) is 31.0 Å². The van der Waals surface area contributed by atoms with Crippen LogP contribution in [0.5, 0.6) is 0 Å². The van der Waals surface area contributed by atoms with E-state index in [1.165, 1.54) is 96.9 Å². The van der Waals surface area contributed by atoms with E-state index in [0.29, 0.717) is 11.2 Å². The van der Waals surface area contributed by atoms with E-state index in [9.17, 15) is 9.46 Å². The Morgan fingerprint density at radius 2 is 1.51 bits per heavy atom. The van der Waals surface area contributed by atoms with Crippen molar-refractivity contribution in [3.8, 4) is 0 Å². The minimum Gasteiger partial charge on any atom is -0.382 e. The lowest BCUT2D eigenvalue weighted by Gasteiger charge is -2.24. The van der Waals surface area contributed by atoms with Gasteiger partial charge >= 0.3 is 7.60 Å². The molecule has 0 bridgehead atoms. The minimum absolute atomic E-state index is 0.0248. The van der Waals surface area contributed by atoms with Gasteiger partial charge in [-0.15, -0.1) is 0 Å². The van der Waals surface area contributed by atoms with Crippen LogP contribution in [0.4, 0.5) is 11.8 Å². The normalized spacial score (nSPS) is 15.5. The van der Waals surface area contributed by atoms with Crippen molar-refractivity contribution < 1.29 is 28.2 Å². The van der Waals surface area contributed by atoms with Crippen LogP contribution >= 0.6 is 7.60 Å². The average Bonchev–Trinajstić information content (AvgIpc) is 3.34. The minimum atomic E-state index is -4.09. The van der Waals surface area contributed by atoms with E-state index < -0.39 is 26.3 Å². The molecule has 0 fully saturated rings. The molecule has 0 aliphatic carbocycles. The molecule has 12 nitrogen and oxygen atoms in total. The largest absolute Gasteiger partial charge is 0.382 e. The predicted octanol–water partition coefficient (Wildman–Crippen LogP) is 6.80. The number of rotatable bonds is 26. The SMILES string of the molecule is CCCCCCCCCCCCCCCCC(C)OC(C)OP(=O)(O)CO[C@@H](COC)Cn1cnc2c(N)nc(N)nc21. The van der Waals surface area contributed by atoms with Crippen molar-refractivity contribution in [1.29, 1.82) is 0 Å². The molecule has 2 aromatic heterocycles. The zero-order valence-corrected chi connectivity index (χ0v) is 27.8. The van der Waals surface area contributed by atoms with Crippen molar-refractivity contribution in [3.63, 3.8) is 0 Å². The number of nitrogen functional groups attached to an aromatic ring is 2. The number of hydrogen-bond acceptors (Lipinski definition) is 10. The monoisotopic (exact) mass is 628 g/mol. The number of nitrogens with zero attached hydrogens (tertiary/aromatic N) is 4. The number of nitrogens with two attached hydrogens (primary N) is 2. The molecule has 0 amide bonds. The molecule has 2 heterocycles. The van der Waals surface area contributed by atoms with Gasteiger partial charge in [0, 0.05) is 7.11 Å². The maximum atomic E-state index is 12.7. The highest BCUT2D eigenvalue weighted by Crippen LogP contribution is 2.44. The molecule has 2 rings (SSSR count). The number of aromatic nitrogens is 4. The van der Waals surface area contributed by atoms with E-state index in [0.717, 1.165) is 12.8 Å². The molecule has 0 aliphatic heterocycles. The van der Waals surface area contributed by atoms with Gasteiger partial charge in [-0.2, -0.15) is 9.97 Å². The van der Waals surface area contributed by atoms with Gasteiger partial charge in [0.2, 0.25) is 5.95 Å². The summed E-state index contributed by atoms with van der Waals surface area (Å²) in [5.74, 6) is 0.197. The molecule has 13 heteroatoms. The van der Waals surface area contributed by atoms with Crippen LogP contribution in [-0.2, 0) is 29.8 Å². The van der Waals surface area contributed by atoms with Crippen LogP contribution in [0.2, 0.25) is 0 Å². The quantitative estimate of drug-likeness (QED) is 0.0568. The Morgan fingerprint density at radius 1 is 0.930 bits per heavy atom. The molecule has 43 heavy (non-hydrogen) atoms. The summed E-state index contributed by atoms with van der Waals surface area (Å²) in [7, 11) is -2.57. The second-order valence-electron chi connectivity index (χ2n) is 11.6. The lowest BCUT2D eigenvalue weighted by Crippen LogP contribution is -2.26. The molecule has 2 aromatic rings. The second kappa shape index (κ2) is 21.0. The number of hydrogen-bond donors (Lipinski definition) is 3. The average molecular weight is 629 g/mol. The smallest absolute Gasteiger partial charge is 0.355 e. The lowest BCUT2D eigenvalue weighted by molar-refractivity contribution is -0.110. The number of ether oxygens (including phenoxy) is 3. The first-order chi connectivity index (χ1) is 20.6. The fourth-order valence-electron chi connectivity index (χ4n) is 5.18. The van der Waals surface area contributed by atoms with Crippen LogP contribution in [-0.4, -0.2) is 63.0 Å². The van der Waals surface area contributed by atoms with Crippen LogP contribution in [0.3, 0.4) is 0 Å². The predicted molar refractivity (Wildman–Crippen MR) is 172 cm³/mol. The Labute approximate surface area is 258 Å². The summed E-state index contributed by atoms with van der Waals surface area (Å²) in [6.45, 7) is 6.26. The fourth-order valence-corrected chi connectivity index (χ4v) is 6.16. The van der Waals surface area contributed by atoms with E-state index in [1.807, 2.05) is 6.92 Å². The van der Waals surface area contributed by atoms with Crippen LogP contribution in [0.1, 0.15) is 117 Å². The van der Waals surface area contributed by atoms with Gasteiger partial charge in [0.05, 0.1) is 31.7 Å². The molecule has 3 unspecified atom stereocenters. The van der Waals surface area contributed by atoms with Crippen LogP contribution in [0, 0.1) is 0 Å². The van der Waals surface area contributed by atoms with Crippen LogP contribution < -0.4 is 11.5 Å². The first kappa shape index (κ1) is 37.4. The molecule has 0 aromatic carbocycles. The highest BCUT2D eigenvalue weighted by Gasteiger charge is 2.27. The molecule has 0 spiro atoms. The number of unbranched alkanes of at least 4 members (excludes halogenated alkanes) is 13. The van der Waals surface area contributed by atoms with E-state index in [4.69, 9.17) is 30.2 Å². The van der Waals surface area contributed by atoms with Crippen molar-refractivity contribution >= 4 is 30.5 Å². The molecule has 248 valence electrons. The highest BCUT2D eigenvalue weighted by molar-refractivity contribution is 7.52. The van der Waals surface area contributed by atoms with Crippen molar-refractivity contribution in [2.45, 2.75) is 142 Å². The standard InChI is InChI=1S/C30H57N6O6P/c1-5-6-7-8-9-10-11-12-13-14-15-16-17-18-19-24(2)41-25(3)42-43(37,38)23-40-26(21-39-4)20-36-22-33-27-28(31)34-30(32)35-29(27)36/h22,24-26H,5-21,23H2,1-4H3,(H,37,38)(H4,31,32,34,35)/t24?,25?,26-/m1/s1. The van der Waals surface area contributed by atoms with Gasteiger partial charge < -0.3 is 35.1 Å². The summed E-state index contributed by atoms with van der Waals surface area (Å²) < 4.78 is 36.5. The first-order valence-electron chi connectivity index (χ1n) is 16.1. The highest BCUT2D eigenvalue weighted by atomic mass is 31.2. The summed E-state index contributed by atoms with van der Waals surface area (Å²) >= 11 is 0. The van der Waals surface area contributed by atoms with Crippen molar-refractivity contribution in [3.05, 3.63) is 6.33 Å². The molecule has 5 N–H and O–H groups in total. The number of methoxy groups -OCH3 is 1. The zero-order valence-electron chi connectivity index (χ0n) is 26.9. The lowest BCUT2D eigenvalue weighted by atomic mass is 10.0. The van der Waals surface area contributed by atoms with Gasteiger partial charge in [-0.05, 0) is 20.3 Å². The zero-order chi connectivity index (χ0) is 31.5. The second-order valence-corrected chi connectivity index (χ2v) is 13.3. The van der Waals surface area contributed by atoms with E-state index in [2.05, 4.69) is 21.9 Å².